The van der Waals surface area contributed by atoms with Gasteiger partial charge in [-0.2, -0.15) is 5.10 Å². The molecule has 2 fully saturated rings. The minimum atomic E-state index is -3.30. The van der Waals surface area contributed by atoms with Crippen LogP contribution in [0.25, 0.3) is 5.69 Å². The van der Waals surface area contributed by atoms with Gasteiger partial charge in [-0.05, 0) is 43.7 Å². The first-order valence-electron chi connectivity index (χ1n) is 9.99. The van der Waals surface area contributed by atoms with Gasteiger partial charge in [0.15, 0.2) is 5.79 Å². The Kier molecular flexibility index (Phi) is 5.91. The summed E-state index contributed by atoms with van der Waals surface area (Å²) >= 11 is 0. The van der Waals surface area contributed by atoms with Crippen LogP contribution < -0.4 is 9.46 Å². The van der Waals surface area contributed by atoms with E-state index in [0.717, 1.165) is 11.4 Å². The van der Waals surface area contributed by atoms with Gasteiger partial charge in [0.1, 0.15) is 5.75 Å². The Hall–Kier alpha value is -1.94. The zero-order valence-corrected chi connectivity index (χ0v) is 17.3. The van der Waals surface area contributed by atoms with Crippen molar-refractivity contribution in [3.8, 4) is 11.4 Å². The molecule has 29 heavy (non-hydrogen) atoms. The molecule has 1 aromatic carbocycles. The van der Waals surface area contributed by atoms with Crippen LogP contribution in [-0.4, -0.2) is 55.6 Å². The van der Waals surface area contributed by atoms with Gasteiger partial charge >= 0.3 is 0 Å². The maximum absolute atomic E-state index is 12.1. The standard InChI is InChI=1S/C20H27N3O5S/c1-2-29(24,25)22-19-8-9-20(27-12-13-28-20)14-16(19)15-26-18-6-4-17(5-7-18)23-11-3-10-21-23/h3-7,10-11,16,19,22H,2,8-9,12-15H2,1H3. The van der Waals surface area contributed by atoms with Gasteiger partial charge in [-0.3, -0.25) is 0 Å². The van der Waals surface area contributed by atoms with Crippen LogP contribution in [0.5, 0.6) is 5.75 Å². The molecule has 9 heteroatoms. The van der Waals surface area contributed by atoms with Crippen LogP contribution >= 0.6 is 0 Å². The minimum Gasteiger partial charge on any atom is -0.493 e. The van der Waals surface area contributed by atoms with Crippen LogP contribution in [0.2, 0.25) is 0 Å². The number of sulfonamides is 1. The molecule has 1 saturated carbocycles. The average molecular weight is 422 g/mol. The molecule has 2 unspecified atom stereocenters. The number of benzene rings is 1. The van der Waals surface area contributed by atoms with Gasteiger partial charge in [-0.25, -0.2) is 17.8 Å². The summed E-state index contributed by atoms with van der Waals surface area (Å²) in [6.45, 7) is 3.18. The number of rotatable bonds is 7. The van der Waals surface area contributed by atoms with E-state index >= 15 is 0 Å². The Morgan fingerprint density at radius 2 is 2.03 bits per heavy atom. The van der Waals surface area contributed by atoms with Crippen LogP contribution in [0.3, 0.4) is 0 Å². The summed E-state index contributed by atoms with van der Waals surface area (Å²) in [5.41, 5.74) is 0.945. The third kappa shape index (κ3) is 4.80. The lowest BCUT2D eigenvalue weighted by Crippen LogP contribution is -2.51. The fraction of sp³-hybridized carbons (Fsp3) is 0.550. The molecule has 0 bridgehead atoms. The maximum Gasteiger partial charge on any atom is 0.211 e. The molecule has 1 aromatic heterocycles. The van der Waals surface area contributed by atoms with E-state index in [9.17, 15) is 8.42 Å². The van der Waals surface area contributed by atoms with Crippen LogP contribution in [0, 0.1) is 5.92 Å². The Balaban J connectivity index is 1.43. The summed E-state index contributed by atoms with van der Waals surface area (Å²) in [4.78, 5) is 0. The van der Waals surface area contributed by atoms with E-state index < -0.39 is 15.8 Å². The van der Waals surface area contributed by atoms with Crippen LogP contribution in [0.1, 0.15) is 26.2 Å². The molecule has 2 aromatic rings. The molecule has 1 spiro atoms. The van der Waals surface area contributed by atoms with Gasteiger partial charge < -0.3 is 14.2 Å². The lowest BCUT2D eigenvalue weighted by Gasteiger charge is -2.41. The summed E-state index contributed by atoms with van der Waals surface area (Å²) in [5.74, 6) is 0.135. The summed E-state index contributed by atoms with van der Waals surface area (Å²) in [6, 6.07) is 9.33. The van der Waals surface area contributed by atoms with Crippen molar-refractivity contribution in [2.24, 2.45) is 5.92 Å². The highest BCUT2D eigenvalue weighted by Crippen LogP contribution is 2.39. The Morgan fingerprint density at radius 3 is 2.69 bits per heavy atom. The third-order valence-electron chi connectivity index (χ3n) is 5.57. The maximum atomic E-state index is 12.1. The molecule has 4 rings (SSSR count). The zero-order valence-electron chi connectivity index (χ0n) is 16.5. The number of aromatic nitrogens is 2. The summed E-state index contributed by atoms with van der Waals surface area (Å²) in [7, 11) is -3.30. The normalized spacial score (nSPS) is 24.0. The lowest BCUT2D eigenvalue weighted by atomic mass is 9.81. The minimum absolute atomic E-state index is 0.0473. The average Bonchev–Trinajstić information content (AvgIpc) is 3.41. The zero-order chi connectivity index (χ0) is 20.3. The monoisotopic (exact) mass is 421 g/mol. The van der Waals surface area contributed by atoms with Crippen LogP contribution in [0.4, 0.5) is 0 Å². The van der Waals surface area contributed by atoms with E-state index in [1.54, 1.807) is 17.8 Å². The number of nitrogens with one attached hydrogen (secondary N) is 1. The van der Waals surface area contributed by atoms with E-state index in [1.165, 1.54) is 0 Å². The van der Waals surface area contributed by atoms with Gasteiger partial charge in [-0.1, -0.05) is 0 Å². The predicted octanol–water partition coefficient (Wildman–Crippen LogP) is 2.10. The van der Waals surface area contributed by atoms with Gasteiger partial charge in [0.05, 0.1) is 31.3 Å². The molecule has 8 nitrogen and oxygen atoms in total. The molecule has 1 aliphatic heterocycles. The number of hydrogen-bond donors (Lipinski definition) is 1. The Bertz CT molecular complexity index is 893. The molecule has 1 saturated heterocycles. The fourth-order valence-corrected chi connectivity index (χ4v) is 4.92. The van der Waals surface area contributed by atoms with E-state index in [0.29, 0.717) is 39.1 Å². The summed E-state index contributed by atoms with van der Waals surface area (Å²) < 4.78 is 46.6. The molecule has 2 aliphatic rings. The predicted molar refractivity (Wildman–Crippen MR) is 107 cm³/mol. The van der Waals surface area contributed by atoms with Gasteiger partial charge in [0.2, 0.25) is 10.0 Å². The van der Waals surface area contributed by atoms with Crippen molar-refractivity contribution < 1.29 is 22.6 Å². The second kappa shape index (κ2) is 8.43. The lowest BCUT2D eigenvalue weighted by molar-refractivity contribution is -0.192. The quantitative estimate of drug-likeness (QED) is 0.736. The van der Waals surface area contributed by atoms with Crippen molar-refractivity contribution in [2.75, 3.05) is 25.6 Å². The first-order valence-corrected chi connectivity index (χ1v) is 11.6. The molecule has 0 radical (unpaired) electrons. The smallest absolute Gasteiger partial charge is 0.211 e. The highest BCUT2D eigenvalue weighted by atomic mass is 32.2. The molecular formula is C20H27N3O5S. The Labute approximate surface area is 171 Å². The van der Waals surface area contributed by atoms with E-state index in [1.807, 2.05) is 36.5 Å². The van der Waals surface area contributed by atoms with Crippen molar-refractivity contribution in [2.45, 2.75) is 38.0 Å². The van der Waals surface area contributed by atoms with E-state index in [2.05, 4.69) is 9.82 Å². The number of ether oxygens (including phenoxy) is 3. The fourth-order valence-electron chi connectivity index (χ4n) is 3.98. The highest BCUT2D eigenvalue weighted by molar-refractivity contribution is 7.89. The Morgan fingerprint density at radius 1 is 1.28 bits per heavy atom. The number of nitrogens with zero attached hydrogens (tertiary/aromatic N) is 2. The van der Waals surface area contributed by atoms with Gasteiger partial charge in [-0.15, -0.1) is 0 Å². The van der Waals surface area contributed by atoms with Crippen LogP contribution in [-0.2, 0) is 19.5 Å². The van der Waals surface area contributed by atoms with Crippen molar-refractivity contribution >= 4 is 10.0 Å². The summed E-state index contributed by atoms with van der Waals surface area (Å²) in [5, 5.41) is 4.21. The first kappa shape index (κ1) is 20.3. The largest absolute Gasteiger partial charge is 0.493 e. The molecule has 0 amide bonds. The number of hydrogen-bond acceptors (Lipinski definition) is 6. The molecule has 2 atom stereocenters. The van der Waals surface area contributed by atoms with Gasteiger partial charge in [0, 0.05) is 37.2 Å². The van der Waals surface area contributed by atoms with Crippen molar-refractivity contribution in [3.05, 3.63) is 42.7 Å². The highest BCUT2D eigenvalue weighted by Gasteiger charge is 2.46. The molecule has 1 aliphatic carbocycles. The first-order chi connectivity index (χ1) is 14.0. The summed E-state index contributed by atoms with van der Waals surface area (Å²) in [6.07, 6.45) is 5.55. The van der Waals surface area contributed by atoms with Crippen molar-refractivity contribution in [3.63, 3.8) is 0 Å². The second-order valence-corrected chi connectivity index (χ2v) is 9.54. The molecule has 158 valence electrons. The molecule has 1 N–H and O–H groups in total. The second-order valence-electron chi connectivity index (χ2n) is 7.49. The van der Waals surface area contributed by atoms with E-state index in [-0.39, 0.29) is 17.7 Å². The van der Waals surface area contributed by atoms with E-state index in [4.69, 9.17) is 14.2 Å². The van der Waals surface area contributed by atoms with Crippen molar-refractivity contribution in [1.82, 2.24) is 14.5 Å². The van der Waals surface area contributed by atoms with Crippen LogP contribution in [0.15, 0.2) is 42.7 Å². The molecular weight excluding hydrogens is 394 g/mol. The van der Waals surface area contributed by atoms with Gasteiger partial charge in [0.25, 0.3) is 0 Å². The molecule has 2 heterocycles. The topological polar surface area (TPSA) is 91.7 Å². The third-order valence-corrected chi connectivity index (χ3v) is 6.99. The van der Waals surface area contributed by atoms with Crippen molar-refractivity contribution in [1.29, 1.82) is 0 Å². The SMILES string of the molecule is CCS(=O)(=O)NC1CCC2(CC1COc1ccc(-n3cccn3)cc1)OCCO2.